The second kappa shape index (κ2) is 21.7. The Balaban J connectivity index is 2.28. The number of nitrogens with zero attached hydrogens (tertiary/aromatic N) is 2. The van der Waals surface area contributed by atoms with Crippen molar-refractivity contribution in [2.75, 3.05) is 6.54 Å². The first-order valence-corrected chi connectivity index (χ1v) is 17.4. The smallest absolute Gasteiger partial charge is 0.326 e. The number of aliphatic carboxylic acids is 1. The van der Waals surface area contributed by atoms with Crippen molar-refractivity contribution in [1.29, 1.82) is 0 Å². The maximum absolute atomic E-state index is 13.8. The van der Waals surface area contributed by atoms with Gasteiger partial charge in [0.1, 0.15) is 36.0 Å². The number of aromatic nitrogens is 2. The number of carboxylic acids is 1. The van der Waals surface area contributed by atoms with Gasteiger partial charge in [-0.25, -0.2) is 9.78 Å². The Morgan fingerprint density at radius 1 is 0.815 bits per heavy atom. The number of rotatable bonds is 22. The number of nitrogens with two attached hydrogens (primary N) is 3. The number of aliphatic imine (C=N–C) groups is 1. The molecule has 15 N–H and O–H groups in total. The Labute approximate surface area is 312 Å². The van der Waals surface area contributed by atoms with E-state index in [9.17, 15) is 44.1 Å². The van der Waals surface area contributed by atoms with Crippen molar-refractivity contribution in [2.45, 2.75) is 102 Å². The molecule has 54 heavy (non-hydrogen) atoms. The van der Waals surface area contributed by atoms with Crippen LogP contribution in [-0.4, -0.2) is 116 Å². The lowest BCUT2D eigenvalue weighted by atomic mass is 10.0. The van der Waals surface area contributed by atoms with Crippen molar-refractivity contribution >= 4 is 41.5 Å². The number of carbonyl (C=O) groups is 6. The average Bonchev–Trinajstić information content (AvgIpc) is 3.61. The van der Waals surface area contributed by atoms with Gasteiger partial charge in [-0.1, -0.05) is 26.0 Å². The molecule has 2 rings (SSSR count). The van der Waals surface area contributed by atoms with E-state index < -0.39 is 77.9 Å². The zero-order valence-electron chi connectivity index (χ0n) is 30.7. The topological polar surface area (TPSA) is 342 Å². The van der Waals surface area contributed by atoms with Crippen molar-refractivity contribution in [3.8, 4) is 5.75 Å². The van der Waals surface area contributed by atoms with Gasteiger partial charge in [-0.3, -0.25) is 29.0 Å². The third-order valence-corrected chi connectivity index (χ3v) is 8.06. The van der Waals surface area contributed by atoms with Crippen LogP contribution in [-0.2, 0) is 41.6 Å². The van der Waals surface area contributed by atoms with Gasteiger partial charge in [0.2, 0.25) is 29.5 Å². The molecule has 1 heterocycles. The van der Waals surface area contributed by atoms with Gasteiger partial charge in [-0.05, 0) is 56.7 Å². The van der Waals surface area contributed by atoms with Gasteiger partial charge >= 0.3 is 5.97 Å². The Morgan fingerprint density at radius 3 is 1.94 bits per heavy atom. The number of phenolic OH excluding ortho intramolecular Hbond substituents is 1. The van der Waals surface area contributed by atoms with E-state index in [-0.39, 0.29) is 49.9 Å². The number of carboxylic acid groups (broad SMARTS) is 1. The van der Waals surface area contributed by atoms with Crippen molar-refractivity contribution in [3.63, 3.8) is 0 Å². The van der Waals surface area contributed by atoms with Crippen LogP contribution in [0, 0.1) is 5.92 Å². The lowest BCUT2D eigenvalue weighted by molar-refractivity contribution is -0.142. The third-order valence-electron chi connectivity index (χ3n) is 8.06. The first-order valence-electron chi connectivity index (χ1n) is 17.4. The van der Waals surface area contributed by atoms with Gasteiger partial charge in [0.05, 0.1) is 18.5 Å². The summed E-state index contributed by atoms with van der Waals surface area (Å²) in [5.74, 6) is -5.54. The number of nitrogens with one attached hydrogen (secondary N) is 6. The van der Waals surface area contributed by atoms with Crippen LogP contribution in [0.2, 0.25) is 0 Å². The first kappa shape index (κ1) is 44.4. The summed E-state index contributed by atoms with van der Waals surface area (Å²) in [6.07, 6.45) is 1.64. The molecule has 0 fully saturated rings. The molecule has 298 valence electrons. The Hall–Kier alpha value is -5.76. The van der Waals surface area contributed by atoms with Crippen molar-refractivity contribution in [3.05, 3.63) is 48.0 Å². The molecule has 20 heteroatoms. The summed E-state index contributed by atoms with van der Waals surface area (Å²) in [4.78, 5) is 89.1. The predicted octanol–water partition coefficient (Wildman–Crippen LogP) is -2.76. The monoisotopic (exact) mass is 759 g/mol. The maximum atomic E-state index is 13.8. The van der Waals surface area contributed by atoms with Gasteiger partial charge in [-0.15, -0.1) is 0 Å². The van der Waals surface area contributed by atoms with Crippen molar-refractivity contribution in [2.24, 2.45) is 28.1 Å². The fourth-order valence-corrected chi connectivity index (χ4v) is 5.15. The van der Waals surface area contributed by atoms with Gasteiger partial charge < -0.3 is 64.1 Å². The van der Waals surface area contributed by atoms with Crippen LogP contribution >= 0.6 is 0 Å². The predicted molar refractivity (Wildman–Crippen MR) is 196 cm³/mol. The molecule has 0 saturated heterocycles. The molecule has 0 spiro atoms. The molecule has 1 aromatic carbocycles. The molecule has 0 bridgehead atoms. The van der Waals surface area contributed by atoms with Gasteiger partial charge in [0.15, 0.2) is 5.96 Å². The van der Waals surface area contributed by atoms with Crippen molar-refractivity contribution < 1.29 is 44.1 Å². The minimum atomic E-state index is -1.45. The summed E-state index contributed by atoms with van der Waals surface area (Å²) in [6.45, 7) is 6.46. The molecule has 7 atom stereocenters. The fourth-order valence-electron chi connectivity index (χ4n) is 5.15. The molecule has 5 amide bonds. The summed E-state index contributed by atoms with van der Waals surface area (Å²) in [6, 6.07) is -1.98. The number of benzene rings is 1. The highest BCUT2D eigenvalue weighted by molar-refractivity contribution is 5.96. The summed E-state index contributed by atoms with van der Waals surface area (Å²) < 4.78 is 0. The van der Waals surface area contributed by atoms with E-state index in [0.29, 0.717) is 17.7 Å². The Kier molecular flexibility index (Phi) is 17.8. The van der Waals surface area contributed by atoms with E-state index in [4.69, 9.17) is 17.2 Å². The molecule has 0 saturated carbocycles. The Bertz CT molecular complexity index is 1580. The second-order valence-electron chi connectivity index (χ2n) is 13.3. The number of aromatic amines is 1. The quantitative estimate of drug-likeness (QED) is 0.0329. The zero-order valence-corrected chi connectivity index (χ0v) is 30.7. The minimum Gasteiger partial charge on any atom is -0.508 e. The lowest BCUT2D eigenvalue weighted by Crippen LogP contribution is -2.60. The molecule has 0 unspecified atom stereocenters. The number of carbonyl (C=O) groups excluding carboxylic acids is 5. The fraction of sp³-hybridized carbons (Fsp3) is 0.529. The highest BCUT2D eigenvalue weighted by Gasteiger charge is 2.33. The van der Waals surface area contributed by atoms with E-state index in [1.807, 2.05) is 13.8 Å². The maximum Gasteiger partial charge on any atom is 0.326 e. The molecule has 2 aromatic rings. The summed E-state index contributed by atoms with van der Waals surface area (Å²) >= 11 is 0. The standard InChI is InChI=1S/C34H53N11O9/c1-17(2)12-23(35)29(49)45-27(19(4)46)32(52)41-18(3)28(48)43-26(14-21-15-38-16-40-21)31(51)44-25(13-20-7-9-22(47)10-8-20)30(50)42-24(33(53)54)6-5-11-39-34(36)37/h7-10,15-19,23-27,46-47H,5-6,11-14,35H2,1-4H3,(H,38,40)(H,41,52)(H,42,50)(H,43,48)(H,44,51)(H,45,49)(H,53,54)(H4,36,37,39)/t18-,19+,23-,24-,25-,26-,27-/m0/s1. The van der Waals surface area contributed by atoms with Crippen molar-refractivity contribution in [1.82, 2.24) is 36.6 Å². The molecule has 0 radical (unpaired) electrons. The van der Waals surface area contributed by atoms with E-state index in [0.717, 1.165) is 0 Å². The molecular formula is C34H53N11O9. The molecule has 0 aliphatic heterocycles. The van der Waals surface area contributed by atoms with Crippen LogP contribution in [0.3, 0.4) is 0 Å². The number of hydrogen-bond donors (Lipinski definition) is 12. The number of aromatic hydroxyl groups is 1. The van der Waals surface area contributed by atoms with Gasteiger partial charge in [-0.2, -0.15) is 0 Å². The summed E-state index contributed by atoms with van der Waals surface area (Å²) in [5, 5.41) is 42.2. The number of aliphatic hydroxyl groups excluding tert-OH is 1. The molecule has 1 aromatic heterocycles. The van der Waals surface area contributed by atoms with Crippen LogP contribution in [0.1, 0.15) is 58.2 Å². The number of amides is 5. The number of H-pyrrole nitrogens is 1. The van der Waals surface area contributed by atoms with Crippen LogP contribution in [0.15, 0.2) is 41.8 Å². The first-order chi connectivity index (χ1) is 25.4. The van der Waals surface area contributed by atoms with Crippen LogP contribution in [0.25, 0.3) is 0 Å². The highest BCUT2D eigenvalue weighted by Crippen LogP contribution is 2.13. The SMILES string of the molecule is CC(C)C[C@H](N)C(=O)N[C@H](C(=O)N[C@@H](C)C(=O)N[C@@H](Cc1cnc[nH]1)C(=O)N[C@@H](Cc1ccc(O)cc1)C(=O)N[C@@H](CCCN=C(N)N)C(=O)O)[C@@H](C)O. The second-order valence-corrected chi connectivity index (χ2v) is 13.3. The normalized spacial score (nSPS) is 14.9. The van der Waals surface area contributed by atoms with E-state index in [2.05, 4.69) is 41.5 Å². The van der Waals surface area contributed by atoms with Crippen LogP contribution in [0.4, 0.5) is 0 Å². The van der Waals surface area contributed by atoms with E-state index in [1.54, 1.807) is 0 Å². The molecule has 20 nitrogen and oxygen atoms in total. The highest BCUT2D eigenvalue weighted by atomic mass is 16.4. The van der Waals surface area contributed by atoms with Gasteiger partial charge in [0.25, 0.3) is 0 Å². The van der Waals surface area contributed by atoms with Gasteiger partial charge in [0, 0.05) is 31.3 Å². The average molecular weight is 760 g/mol. The van der Waals surface area contributed by atoms with E-state index >= 15 is 0 Å². The summed E-state index contributed by atoms with van der Waals surface area (Å²) in [5.41, 5.74) is 17.5. The minimum absolute atomic E-state index is 0.0375. The largest absolute Gasteiger partial charge is 0.508 e. The molecular weight excluding hydrogens is 706 g/mol. The Morgan fingerprint density at radius 2 is 1.41 bits per heavy atom. The van der Waals surface area contributed by atoms with E-state index in [1.165, 1.54) is 50.6 Å². The number of imidazole rings is 1. The number of aliphatic hydroxyl groups is 1. The number of phenols is 1. The number of hydrogen-bond acceptors (Lipinski definition) is 11. The zero-order chi connectivity index (χ0) is 40.5. The third kappa shape index (κ3) is 15.5. The molecule has 0 aliphatic carbocycles. The number of guanidine groups is 1. The summed E-state index contributed by atoms with van der Waals surface area (Å²) in [7, 11) is 0. The van der Waals surface area contributed by atoms with Crippen LogP contribution < -0.4 is 43.8 Å². The lowest BCUT2D eigenvalue weighted by Gasteiger charge is -2.27. The van der Waals surface area contributed by atoms with Crippen LogP contribution in [0.5, 0.6) is 5.75 Å². The molecule has 0 aliphatic rings.